The first-order valence-electron chi connectivity index (χ1n) is 13.9. The van der Waals surface area contributed by atoms with Crippen molar-refractivity contribution < 1.29 is 9.18 Å². The van der Waals surface area contributed by atoms with Crippen LogP contribution in [0.25, 0.3) is 22.3 Å². The second kappa shape index (κ2) is 10.4. The van der Waals surface area contributed by atoms with Gasteiger partial charge in [-0.2, -0.15) is 5.10 Å². The smallest absolute Gasteiger partial charge is 0.225 e. The van der Waals surface area contributed by atoms with Crippen molar-refractivity contribution in [1.82, 2.24) is 39.5 Å². The SMILES string of the molecule is O=C(C1CCN(c2ncc(Cl)cc2F)CC1)N1CCC(N2CC(n3cc(-c4ncnc5[nH]ccc45)cn3)C2)CC1. The first-order valence-corrected chi connectivity index (χ1v) is 14.3. The van der Waals surface area contributed by atoms with Crippen LogP contribution in [0.2, 0.25) is 5.02 Å². The number of hydrogen-bond donors (Lipinski definition) is 1. The number of halogens is 2. The highest BCUT2D eigenvalue weighted by Crippen LogP contribution is 2.32. The zero-order valence-electron chi connectivity index (χ0n) is 22.1. The molecule has 0 aromatic carbocycles. The average molecular weight is 564 g/mol. The number of nitrogens with one attached hydrogen (secondary N) is 1. The highest BCUT2D eigenvalue weighted by atomic mass is 35.5. The Balaban J connectivity index is 0.884. The third-order valence-corrected chi connectivity index (χ3v) is 8.92. The molecule has 3 aliphatic heterocycles. The number of pyridine rings is 1. The van der Waals surface area contributed by atoms with Gasteiger partial charge in [0.25, 0.3) is 0 Å². The van der Waals surface area contributed by atoms with Crippen LogP contribution in [0.15, 0.2) is 43.2 Å². The molecule has 0 saturated carbocycles. The standard InChI is InChI=1S/C28H31ClFN9O/c29-20-11-24(30)27(32-13-20)36-7-2-18(3-8-36)28(40)37-9-4-21(5-10-37)38-15-22(16-38)39-14-19(12-35-39)25-23-1-6-31-26(23)34-17-33-25/h1,6,11-14,17-18,21-22H,2-5,7-10,15-16H2,(H,31,33,34). The van der Waals surface area contributed by atoms with Gasteiger partial charge in [0, 0.05) is 80.8 Å². The van der Waals surface area contributed by atoms with Crippen molar-refractivity contribution in [2.24, 2.45) is 5.92 Å². The summed E-state index contributed by atoms with van der Waals surface area (Å²) in [5.74, 6) is 0.147. The molecule has 3 fully saturated rings. The molecule has 3 aliphatic rings. The lowest BCUT2D eigenvalue weighted by molar-refractivity contribution is -0.138. The van der Waals surface area contributed by atoms with E-state index in [0.29, 0.717) is 43.8 Å². The Hall–Kier alpha value is -3.57. The van der Waals surface area contributed by atoms with E-state index in [9.17, 15) is 9.18 Å². The first-order chi connectivity index (χ1) is 19.5. The quantitative estimate of drug-likeness (QED) is 0.394. The van der Waals surface area contributed by atoms with Gasteiger partial charge in [-0.25, -0.2) is 19.3 Å². The van der Waals surface area contributed by atoms with E-state index in [1.807, 2.05) is 28.3 Å². The van der Waals surface area contributed by atoms with Crippen LogP contribution >= 0.6 is 11.6 Å². The Bertz CT molecular complexity index is 1520. The molecule has 10 nitrogen and oxygen atoms in total. The minimum Gasteiger partial charge on any atom is -0.354 e. The van der Waals surface area contributed by atoms with Crippen LogP contribution in [0.5, 0.6) is 0 Å². The number of H-pyrrole nitrogens is 1. The number of rotatable bonds is 5. The maximum absolute atomic E-state index is 14.3. The third-order valence-electron chi connectivity index (χ3n) is 8.72. The number of hydrogen-bond acceptors (Lipinski definition) is 7. The Labute approximate surface area is 236 Å². The molecule has 0 bridgehead atoms. The monoisotopic (exact) mass is 563 g/mol. The summed E-state index contributed by atoms with van der Waals surface area (Å²) in [5, 5.41) is 5.92. The summed E-state index contributed by atoms with van der Waals surface area (Å²) in [6, 6.07) is 4.13. The first kappa shape index (κ1) is 25.4. The fourth-order valence-corrected chi connectivity index (χ4v) is 6.55. The summed E-state index contributed by atoms with van der Waals surface area (Å²) < 4.78 is 16.3. The second-order valence-electron chi connectivity index (χ2n) is 11.1. The third kappa shape index (κ3) is 4.71. The Morgan fingerprint density at radius 2 is 1.80 bits per heavy atom. The predicted molar refractivity (Wildman–Crippen MR) is 149 cm³/mol. The van der Waals surface area contributed by atoms with E-state index in [1.54, 1.807) is 6.33 Å². The lowest BCUT2D eigenvalue weighted by Crippen LogP contribution is -2.56. The molecule has 1 N–H and O–H groups in total. The Kier molecular flexibility index (Phi) is 6.63. The molecular weight excluding hydrogens is 533 g/mol. The summed E-state index contributed by atoms with van der Waals surface area (Å²) in [7, 11) is 0. The van der Waals surface area contributed by atoms with Crippen LogP contribution in [0.3, 0.4) is 0 Å². The van der Waals surface area contributed by atoms with Crippen molar-refractivity contribution in [2.75, 3.05) is 44.2 Å². The zero-order chi connectivity index (χ0) is 27.2. The van der Waals surface area contributed by atoms with E-state index >= 15 is 0 Å². The maximum atomic E-state index is 14.3. The van der Waals surface area contributed by atoms with Gasteiger partial charge < -0.3 is 14.8 Å². The number of aromatic amines is 1. The van der Waals surface area contributed by atoms with Crippen LogP contribution in [-0.2, 0) is 4.79 Å². The van der Waals surface area contributed by atoms with E-state index in [-0.39, 0.29) is 16.8 Å². The van der Waals surface area contributed by atoms with E-state index in [1.165, 1.54) is 12.3 Å². The predicted octanol–water partition coefficient (Wildman–Crippen LogP) is 3.77. The van der Waals surface area contributed by atoms with Crippen molar-refractivity contribution in [1.29, 1.82) is 0 Å². The van der Waals surface area contributed by atoms with Gasteiger partial charge in [0.05, 0.1) is 23.0 Å². The number of fused-ring (bicyclic) bond motifs is 1. The lowest BCUT2D eigenvalue weighted by Gasteiger charge is -2.47. The van der Waals surface area contributed by atoms with E-state index in [2.05, 4.69) is 40.8 Å². The van der Waals surface area contributed by atoms with Gasteiger partial charge in [-0.15, -0.1) is 0 Å². The van der Waals surface area contributed by atoms with Crippen molar-refractivity contribution in [3.8, 4) is 11.3 Å². The molecule has 0 aliphatic carbocycles. The molecule has 0 radical (unpaired) electrons. The molecule has 12 heteroatoms. The van der Waals surface area contributed by atoms with Crippen LogP contribution in [-0.4, -0.2) is 90.7 Å². The van der Waals surface area contributed by atoms with Gasteiger partial charge in [-0.3, -0.25) is 14.4 Å². The fraction of sp³-hybridized carbons (Fsp3) is 0.464. The molecule has 1 amide bonds. The van der Waals surface area contributed by atoms with E-state index in [4.69, 9.17) is 11.6 Å². The van der Waals surface area contributed by atoms with Crippen LogP contribution in [0.4, 0.5) is 10.2 Å². The average Bonchev–Trinajstić information content (AvgIpc) is 3.63. The summed E-state index contributed by atoms with van der Waals surface area (Å²) >= 11 is 5.84. The molecule has 208 valence electrons. The molecule has 0 atom stereocenters. The molecule has 7 rings (SSSR count). The fourth-order valence-electron chi connectivity index (χ4n) is 6.40. The highest BCUT2D eigenvalue weighted by molar-refractivity contribution is 6.30. The largest absolute Gasteiger partial charge is 0.354 e. The number of anilines is 1. The van der Waals surface area contributed by atoms with Crippen LogP contribution in [0, 0.1) is 11.7 Å². The molecule has 3 saturated heterocycles. The van der Waals surface area contributed by atoms with E-state index < -0.39 is 5.82 Å². The van der Waals surface area contributed by atoms with Gasteiger partial charge in [-0.05, 0) is 37.8 Å². The minimum atomic E-state index is -0.413. The normalized spacial score (nSPS) is 19.9. The molecular formula is C28H31ClFN9O. The Morgan fingerprint density at radius 3 is 2.58 bits per heavy atom. The van der Waals surface area contributed by atoms with Crippen molar-refractivity contribution in [3.63, 3.8) is 0 Å². The molecule has 0 unspecified atom stereocenters. The number of aromatic nitrogens is 6. The van der Waals surface area contributed by atoms with Crippen molar-refractivity contribution >= 4 is 34.4 Å². The van der Waals surface area contributed by atoms with Gasteiger partial charge in [0.15, 0.2) is 11.6 Å². The number of likely N-dealkylation sites (tertiary alicyclic amines) is 2. The topological polar surface area (TPSA) is 99.1 Å². The Morgan fingerprint density at radius 1 is 1.00 bits per heavy atom. The lowest BCUT2D eigenvalue weighted by atomic mass is 9.92. The minimum absolute atomic E-state index is 0.00653. The summed E-state index contributed by atoms with van der Waals surface area (Å²) in [6.07, 6.45) is 12.3. The van der Waals surface area contributed by atoms with Crippen LogP contribution < -0.4 is 4.90 Å². The number of amides is 1. The van der Waals surface area contributed by atoms with Crippen LogP contribution in [0.1, 0.15) is 31.7 Å². The number of carbonyl (C=O) groups excluding carboxylic acids is 1. The molecule has 7 heterocycles. The molecule has 40 heavy (non-hydrogen) atoms. The van der Waals surface area contributed by atoms with Crippen molar-refractivity contribution in [2.45, 2.75) is 37.8 Å². The van der Waals surface area contributed by atoms with Gasteiger partial charge in [0.1, 0.15) is 12.0 Å². The highest BCUT2D eigenvalue weighted by Gasteiger charge is 2.37. The summed E-state index contributed by atoms with van der Waals surface area (Å²) in [5.41, 5.74) is 2.72. The second-order valence-corrected chi connectivity index (χ2v) is 11.5. The summed E-state index contributed by atoms with van der Waals surface area (Å²) in [6.45, 7) is 4.77. The zero-order valence-corrected chi connectivity index (χ0v) is 22.8. The summed E-state index contributed by atoms with van der Waals surface area (Å²) in [4.78, 5) is 35.8. The number of nitrogens with zero attached hydrogens (tertiary/aromatic N) is 8. The maximum Gasteiger partial charge on any atom is 0.225 e. The number of carbonyl (C=O) groups is 1. The van der Waals surface area contributed by atoms with E-state index in [0.717, 1.165) is 61.3 Å². The number of piperidine rings is 2. The van der Waals surface area contributed by atoms with Gasteiger partial charge in [0.2, 0.25) is 5.91 Å². The molecule has 0 spiro atoms. The molecule has 4 aromatic rings. The van der Waals surface area contributed by atoms with Gasteiger partial charge >= 0.3 is 0 Å². The molecule has 4 aromatic heterocycles. The van der Waals surface area contributed by atoms with Gasteiger partial charge in [-0.1, -0.05) is 11.6 Å². The van der Waals surface area contributed by atoms with Crippen molar-refractivity contribution in [3.05, 3.63) is 54.1 Å².